The molecule has 0 aromatic heterocycles. The first-order valence-corrected chi connectivity index (χ1v) is 13.9. The summed E-state index contributed by atoms with van der Waals surface area (Å²) in [6.07, 6.45) is 17.7. The predicted molar refractivity (Wildman–Crippen MR) is 128 cm³/mol. The van der Waals surface area contributed by atoms with Gasteiger partial charge in [-0.25, -0.2) is 0 Å². The van der Waals surface area contributed by atoms with Crippen molar-refractivity contribution in [1.82, 2.24) is 0 Å². The van der Waals surface area contributed by atoms with Crippen molar-refractivity contribution in [3.05, 3.63) is 0 Å². The number of aliphatic hydroxyl groups is 1. The van der Waals surface area contributed by atoms with E-state index in [1.807, 2.05) is 0 Å². The molecule has 4 rings (SSSR count). The van der Waals surface area contributed by atoms with Crippen LogP contribution in [-0.4, -0.2) is 10.7 Å². The second-order valence-corrected chi connectivity index (χ2v) is 13.4. The molecule has 0 aromatic rings. The van der Waals surface area contributed by atoms with Crippen molar-refractivity contribution in [2.75, 3.05) is 0 Å². The van der Waals surface area contributed by atoms with Gasteiger partial charge in [-0.05, 0) is 104 Å². The predicted octanol–water partition coefficient (Wildman–Crippen LogP) is 8.25. The third kappa shape index (κ3) is 3.62. The van der Waals surface area contributed by atoms with Crippen LogP contribution in [0.3, 0.4) is 0 Å². The zero-order valence-corrected chi connectivity index (χ0v) is 21.2. The Morgan fingerprint density at radius 2 is 1.63 bits per heavy atom. The molecule has 0 amide bonds. The van der Waals surface area contributed by atoms with Crippen molar-refractivity contribution in [3.63, 3.8) is 0 Å². The number of hydrogen-bond donors (Lipinski definition) is 1. The highest BCUT2D eigenvalue weighted by molar-refractivity contribution is 5.15. The third-order valence-electron chi connectivity index (χ3n) is 11.5. The lowest BCUT2D eigenvalue weighted by Crippen LogP contribution is -2.53. The van der Waals surface area contributed by atoms with E-state index in [1.165, 1.54) is 70.6 Å². The molecule has 0 spiro atoms. The summed E-state index contributed by atoms with van der Waals surface area (Å²) in [4.78, 5) is 0. The minimum atomic E-state index is -0.421. The Bertz CT molecular complexity index is 597. The largest absolute Gasteiger partial charge is 0.390 e. The smallest absolute Gasteiger partial charge is 0.0684 e. The first-order valence-electron chi connectivity index (χ1n) is 13.9. The van der Waals surface area contributed by atoms with E-state index in [9.17, 15) is 5.11 Å². The highest BCUT2D eigenvalue weighted by atomic mass is 16.3. The van der Waals surface area contributed by atoms with Crippen LogP contribution in [0, 0.1) is 52.3 Å². The molecule has 4 aliphatic carbocycles. The molecule has 4 aliphatic rings. The van der Waals surface area contributed by atoms with Gasteiger partial charge in [-0.1, -0.05) is 73.6 Å². The second kappa shape index (κ2) is 8.39. The van der Waals surface area contributed by atoms with Crippen molar-refractivity contribution in [1.29, 1.82) is 0 Å². The lowest BCUT2D eigenvalue weighted by molar-refractivity contribution is -0.119. The average molecular weight is 417 g/mol. The van der Waals surface area contributed by atoms with Gasteiger partial charge in [0.2, 0.25) is 0 Å². The monoisotopic (exact) mass is 416 g/mol. The zero-order chi connectivity index (χ0) is 21.7. The normalized spacial score (nSPS) is 49.4. The summed E-state index contributed by atoms with van der Waals surface area (Å²) in [5.41, 5.74) is 0.546. The summed E-state index contributed by atoms with van der Waals surface area (Å²) >= 11 is 0. The van der Waals surface area contributed by atoms with E-state index in [0.29, 0.717) is 22.7 Å². The first kappa shape index (κ1) is 23.1. The SMILES string of the molecule is CCC1(O)C[C@H]2[C@@H]3CCC4CCCC[C@]4(C)[C@H]3CC[C@]2(C)[C@H]1[C@H](C)CCCC(C)C. The summed E-state index contributed by atoms with van der Waals surface area (Å²) in [7, 11) is 0. The molecule has 174 valence electrons. The standard InChI is InChI=1S/C29H52O/c1-7-29(30)19-25-23-15-14-22-13-8-9-17-27(22,5)24(23)16-18-28(25,6)26(29)21(4)12-10-11-20(2)3/h20-26,30H,7-19H2,1-6H3/t21-,22?,23-,24+,25+,26-,27+,28+,29?/m1/s1. The quantitative estimate of drug-likeness (QED) is 0.462. The van der Waals surface area contributed by atoms with Gasteiger partial charge in [-0.15, -0.1) is 0 Å². The van der Waals surface area contributed by atoms with Crippen LogP contribution in [-0.2, 0) is 0 Å². The van der Waals surface area contributed by atoms with Crippen molar-refractivity contribution >= 4 is 0 Å². The number of hydrogen-bond acceptors (Lipinski definition) is 1. The van der Waals surface area contributed by atoms with Gasteiger partial charge in [-0.2, -0.15) is 0 Å². The van der Waals surface area contributed by atoms with Gasteiger partial charge < -0.3 is 5.11 Å². The zero-order valence-electron chi connectivity index (χ0n) is 21.2. The van der Waals surface area contributed by atoms with Crippen LogP contribution in [0.5, 0.6) is 0 Å². The van der Waals surface area contributed by atoms with E-state index in [-0.39, 0.29) is 0 Å². The topological polar surface area (TPSA) is 20.2 Å². The van der Waals surface area contributed by atoms with Crippen LogP contribution < -0.4 is 0 Å². The summed E-state index contributed by atoms with van der Waals surface area (Å²) in [6.45, 7) is 14.8. The highest BCUT2D eigenvalue weighted by Gasteiger charge is 2.65. The fraction of sp³-hybridized carbons (Fsp3) is 1.00. The maximum Gasteiger partial charge on any atom is 0.0684 e. The maximum atomic E-state index is 12.0. The molecule has 0 radical (unpaired) electrons. The molecular formula is C29H52O. The van der Waals surface area contributed by atoms with Crippen LogP contribution in [0.2, 0.25) is 0 Å². The van der Waals surface area contributed by atoms with Gasteiger partial charge in [0.05, 0.1) is 5.60 Å². The van der Waals surface area contributed by atoms with Crippen molar-refractivity contribution < 1.29 is 5.11 Å². The second-order valence-electron chi connectivity index (χ2n) is 13.4. The van der Waals surface area contributed by atoms with Crippen LogP contribution in [0.1, 0.15) is 125 Å². The molecular weight excluding hydrogens is 364 g/mol. The molecule has 0 aliphatic heterocycles. The van der Waals surface area contributed by atoms with Gasteiger partial charge in [0.1, 0.15) is 0 Å². The van der Waals surface area contributed by atoms with Crippen LogP contribution in [0.15, 0.2) is 0 Å². The Morgan fingerprint density at radius 1 is 0.867 bits per heavy atom. The van der Waals surface area contributed by atoms with Gasteiger partial charge in [0.25, 0.3) is 0 Å². The Hall–Kier alpha value is -0.0400. The minimum absolute atomic E-state index is 0.362. The van der Waals surface area contributed by atoms with Crippen LogP contribution >= 0.6 is 0 Å². The first-order chi connectivity index (χ1) is 14.2. The van der Waals surface area contributed by atoms with Crippen LogP contribution in [0.4, 0.5) is 0 Å². The van der Waals surface area contributed by atoms with E-state index in [2.05, 4.69) is 41.5 Å². The molecule has 2 unspecified atom stereocenters. The van der Waals surface area contributed by atoms with Gasteiger partial charge in [0, 0.05) is 0 Å². The number of rotatable bonds is 6. The minimum Gasteiger partial charge on any atom is -0.390 e. The summed E-state index contributed by atoms with van der Waals surface area (Å²) < 4.78 is 0. The van der Waals surface area contributed by atoms with Crippen molar-refractivity contribution in [3.8, 4) is 0 Å². The van der Waals surface area contributed by atoms with Crippen molar-refractivity contribution in [2.24, 2.45) is 52.3 Å². The molecule has 0 aromatic carbocycles. The van der Waals surface area contributed by atoms with E-state index in [1.54, 1.807) is 0 Å². The van der Waals surface area contributed by atoms with E-state index >= 15 is 0 Å². The van der Waals surface area contributed by atoms with E-state index in [4.69, 9.17) is 0 Å². The molecule has 4 saturated carbocycles. The Labute approximate surface area is 188 Å². The molecule has 30 heavy (non-hydrogen) atoms. The lowest BCUT2D eigenvalue weighted by atomic mass is 9.44. The van der Waals surface area contributed by atoms with Gasteiger partial charge >= 0.3 is 0 Å². The van der Waals surface area contributed by atoms with Crippen molar-refractivity contribution in [2.45, 2.75) is 131 Å². The summed E-state index contributed by atoms with van der Waals surface area (Å²) in [5.74, 6) is 5.54. The van der Waals surface area contributed by atoms with Gasteiger partial charge in [-0.3, -0.25) is 0 Å². The highest BCUT2D eigenvalue weighted by Crippen LogP contribution is 2.70. The maximum absolute atomic E-state index is 12.0. The molecule has 0 saturated heterocycles. The molecule has 1 nitrogen and oxygen atoms in total. The third-order valence-corrected chi connectivity index (χ3v) is 11.5. The van der Waals surface area contributed by atoms with Crippen LogP contribution in [0.25, 0.3) is 0 Å². The average Bonchev–Trinajstić information content (AvgIpc) is 2.94. The lowest BCUT2D eigenvalue weighted by Gasteiger charge is -2.60. The molecule has 4 fully saturated rings. The Morgan fingerprint density at radius 3 is 2.33 bits per heavy atom. The fourth-order valence-electron chi connectivity index (χ4n) is 10.1. The molecule has 1 N–H and O–H groups in total. The van der Waals surface area contributed by atoms with Gasteiger partial charge in [0.15, 0.2) is 0 Å². The Kier molecular flexibility index (Phi) is 6.47. The summed E-state index contributed by atoms with van der Waals surface area (Å²) in [6, 6.07) is 0. The molecule has 0 heterocycles. The molecule has 9 atom stereocenters. The van der Waals surface area contributed by atoms with E-state index in [0.717, 1.165) is 42.4 Å². The Balaban J connectivity index is 1.58. The fourth-order valence-corrected chi connectivity index (χ4v) is 10.1. The summed E-state index contributed by atoms with van der Waals surface area (Å²) in [5, 5.41) is 12.0. The molecule has 0 bridgehead atoms. The number of fused-ring (bicyclic) bond motifs is 5. The van der Waals surface area contributed by atoms with E-state index < -0.39 is 5.60 Å². The molecule has 1 heteroatoms.